The van der Waals surface area contributed by atoms with Crippen molar-refractivity contribution in [2.75, 3.05) is 0 Å². The Morgan fingerprint density at radius 1 is 1.00 bits per heavy atom. The van der Waals surface area contributed by atoms with E-state index in [1.807, 2.05) is 42.5 Å². The number of nitrogens with one attached hydrogen (secondary N) is 1. The van der Waals surface area contributed by atoms with Crippen LogP contribution in [0.1, 0.15) is 19.4 Å². The molecule has 0 saturated carbocycles. The Morgan fingerprint density at radius 3 is 2.32 bits per heavy atom. The van der Waals surface area contributed by atoms with Crippen molar-refractivity contribution in [2.45, 2.75) is 26.4 Å². The SMILES string of the molecule is CC(C)NCc1ccccc1Oc1ccccc1Br. The predicted molar refractivity (Wildman–Crippen MR) is 82.6 cm³/mol. The maximum atomic E-state index is 5.99. The van der Waals surface area contributed by atoms with E-state index in [1.165, 1.54) is 0 Å². The third-order valence-corrected chi connectivity index (χ3v) is 3.39. The second kappa shape index (κ2) is 6.73. The summed E-state index contributed by atoms with van der Waals surface area (Å²) in [5.74, 6) is 1.72. The van der Waals surface area contributed by atoms with E-state index in [4.69, 9.17) is 4.74 Å². The second-order valence-electron chi connectivity index (χ2n) is 4.68. The largest absolute Gasteiger partial charge is 0.456 e. The van der Waals surface area contributed by atoms with Crippen LogP contribution >= 0.6 is 15.9 Å². The number of hydrogen-bond acceptors (Lipinski definition) is 2. The number of ether oxygens (including phenoxy) is 1. The zero-order chi connectivity index (χ0) is 13.7. The van der Waals surface area contributed by atoms with E-state index in [-0.39, 0.29) is 0 Å². The van der Waals surface area contributed by atoms with Gasteiger partial charge in [-0.3, -0.25) is 0 Å². The molecule has 2 nitrogen and oxygen atoms in total. The van der Waals surface area contributed by atoms with Gasteiger partial charge in [0.05, 0.1) is 4.47 Å². The summed E-state index contributed by atoms with van der Waals surface area (Å²) >= 11 is 3.50. The number of hydrogen-bond donors (Lipinski definition) is 1. The van der Waals surface area contributed by atoms with E-state index in [9.17, 15) is 0 Å². The van der Waals surface area contributed by atoms with Crippen LogP contribution in [0.2, 0.25) is 0 Å². The summed E-state index contributed by atoms with van der Waals surface area (Å²) in [6.45, 7) is 5.08. The van der Waals surface area contributed by atoms with Gasteiger partial charge >= 0.3 is 0 Å². The van der Waals surface area contributed by atoms with Crippen LogP contribution in [0.25, 0.3) is 0 Å². The van der Waals surface area contributed by atoms with Crippen LogP contribution in [0.4, 0.5) is 0 Å². The van der Waals surface area contributed by atoms with Gasteiger partial charge in [0.1, 0.15) is 11.5 Å². The number of benzene rings is 2. The Kier molecular flexibility index (Phi) is 5.00. The molecule has 2 aromatic carbocycles. The third kappa shape index (κ3) is 4.08. The Balaban J connectivity index is 2.18. The topological polar surface area (TPSA) is 21.3 Å². The Hall–Kier alpha value is -1.32. The van der Waals surface area contributed by atoms with E-state index in [0.29, 0.717) is 6.04 Å². The van der Waals surface area contributed by atoms with E-state index in [1.54, 1.807) is 0 Å². The minimum atomic E-state index is 0.455. The van der Waals surface area contributed by atoms with Crippen molar-refractivity contribution in [3.63, 3.8) is 0 Å². The lowest BCUT2D eigenvalue weighted by Crippen LogP contribution is -2.22. The zero-order valence-corrected chi connectivity index (χ0v) is 12.8. The molecule has 0 saturated heterocycles. The lowest BCUT2D eigenvalue weighted by molar-refractivity contribution is 0.467. The summed E-state index contributed by atoms with van der Waals surface area (Å²) < 4.78 is 6.95. The molecule has 0 heterocycles. The lowest BCUT2D eigenvalue weighted by Gasteiger charge is -2.14. The van der Waals surface area contributed by atoms with Crippen LogP contribution in [0, 0.1) is 0 Å². The van der Waals surface area contributed by atoms with Crippen molar-refractivity contribution in [2.24, 2.45) is 0 Å². The lowest BCUT2D eigenvalue weighted by atomic mass is 10.2. The molecule has 0 bridgehead atoms. The van der Waals surface area contributed by atoms with Gasteiger partial charge in [-0.15, -0.1) is 0 Å². The highest BCUT2D eigenvalue weighted by Gasteiger charge is 2.06. The van der Waals surface area contributed by atoms with Crippen LogP contribution in [-0.2, 0) is 6.54 Å². The molecular formula is C16H18BrNO. The first-order valence-electron chi connectivity index (χ1n) is 6.40. The number of rotatable bonds is 5. The van der Waals surface area contributed by atoms with Crippen LogP contribution in [0.3, 0.4) is 0 Å². The molecule has 0 aliphatic rings. The molecule has 0 spiro atoms. The Bertz CT molecular complexity index is 540. The maximum absolute atomic E-state index is 5.99. The van der Waals surface area contributed by atoms with Crippen LogP contribution in [0.15, 0.2) is 53.0 Å². The predicted octanol–water partition coefficient (Wildman–Crippen LogP) is 4.74. The molecule has 0 aromatic heterocycles. The molecule has 100 valence electrons. The smallest absolute Gasteiger partial charge is 0.141 e. The molecule has 0 atom stereocenters. The van der Waals surface area contributed by atoms with Crippen molar-refractivity contribution in [1.82, 2.24) is 5.32 Å². The third-order valence-electron chi connectivity index (χ3n) is 2.73. The van der Waals surface area contributed by atoms with Crippen molar-refractivity contribution >= 4 is 15.9 Å². The monoisotopic (exact) mass is 319 g/mol. The standard InChI is InChI=1S/C16H18BrNO/c1-12(2)18-11-13-7-3-5-9-15(13)19-16-10-6-4-8-14(16)17/h3-10,12,18H,11H2,1-2H3. The summed E-state index contributed by atoms with van der Waals surface area (Å²) in [4.78, 5) is 0. The van der Waals surface area contributed by atoms with Crippen molar-refractivity contribution in [1.29, 1.82) is 0 Å². The fourth-order valence-corrected chi connectivity index (χ4v) is 2.08. The Morgan fingerprint density at radius 2 is 1.63 bits per heavy atom. The van der Waals surface area contributed by atoms with Gasteiger partial charge < -0.3 is 10.1 Å². The summed E-state index contributed by atoms with van der Waals surface area (Å²) in [5.41, 5.74) is 1.16. The van der Waals surface area contributed by atoms with Crippen molar-refractivity contribution in [3.05, 3.63) is 58.6 Å². The molecule has 0 aliphatic carbocycles. The first-order valence-corrected chi connectivity index (χ1v) is 7.20. The molecule has 2 aromatic rings. The molecule has 0 amide bonds. The van der Waals surface area contributed by atoms with Crippen molar-refractivity contribution in [3.8, 4) is 11.5 Å². The summed E-state index contributed by atoms with van der Waals surface area (Å²) in [6, 6.07) is 16.4. The van der Waals surface area contributed by atoms with E-state index in [0.717, 1.165) is 28.1 Å². The summed E-state index contributed by atoms with van der Waals surface area (Å²) in [6.07, 6.45) is 0. The average molecular weight is 320 g/mol. The average Bonchev–Trinajstić information content (AvgIpc) is 2.40. The van der Waals surface area contributed by atoms with E-state index >= 15 is 0 Å². The van der Waals surface area contributed by atoms with Gasteiger partial charge in [-0.25, -0.2) is 0 Å². The molecule has 0 fully saturated rings. The van der Waals surface area contributed by atoms with Crippen LogP contribution < -0.4 is 10.1 Å². The fraction of sp³-hybridized carbons (Fsp3) is 0.250. The molecule has 19 heavy (non-hydrogen) atoms. The molecule has 2 rings (SSSR count). The van der Waals surface area contributed by atoms with Gasteiger partial charge in [-0.2, -0.15) is 0 Å². The quantitative estimate of drug-likeness (QED) is 0.859. The van der Waals surface area contributed by atoms with Gasteiger partial charge in [0, 0.05) is 18.2 Å². The van der Waals surface area contributed by atoms with Gasteiger partial charge in [0.25, 0.3) is 0 Å². The fourth-order valence-electron chi connectivity index (χ4n) is 1.71. The number of para-hydroxylation sites is 2. The second-order valence-corrected chi connectivity index (χ2v) is 5.53. The number of halogens is 1. The van der Waals surface area contributed by atoms with E-state index < -0.39 is 0 Å². The highest BCUT2D eigenvalue weighted by atomic mass is 79.9. The molecule has 3 heteroatoms. The first kappa shape index (κ1) is 14.1. The summed E-state index contributed by atoms with van der Waals surface area (Å²) in [7, 11) is 0. The maximum Gasteiger partial charge on any atom is 0.141 e. The van der Waals surface area contributed by atoms with Crippen LogP contribution in [0.5, 0.6) is 11.5 Å². The minimum absolute atomic E-state index is 0.455. The van der Waals surface area contributed by atoms with Crippen LogP contribution in [-0.4, -0.2) is 6.04 Å². The minimum Gasteiger partial charge on any atom is -0.456 e. The molecular weight excluding hydrogens is 302 g/mol. The highest BCUT2D eigenvalue weighted by molar-refractivity contribution is 9.10. The molecule has 0 aliphatic heterocycles. The molecule has 0 radical (unpaired) electrons. The van der Waals surface area contributed by atoms with Gasteiger partial charge in [0.2, 0.25) is 0 Å². The van der Waals surface area contributed by atoms with Gasteiger partial charge in [-0.05, 0) is 34.1 Å². The normalized spacial score (nSPS) is 10.7. The summed E-state index contributed by atoms with van der Waals surface area (Å²) in [5, 5.41) is 3.41. The highest BCUT2D eigenvalue weighted by Crippen LogP contribution is 2.31. The first-order chi connectivity index (χ1) is 9.16. The van der Waals surface area contributed by atoms with Gasteiger partial charge in [0.15, 0.2) is 0 Å². The van der Waals surface area contributed by atoms with Gasteiger partial charge in [-0.1, -0.05) is 44.2 Å². The molecule has 1 N–H and O–H groups in total. The molecule has 0 unspecified atom stereocenters. The van der Waals surface area contributed by atoms with Crippen molar-refractivity contribution < 1.29 is 4.74 Å². The zero-order valence-electron chi connectivity index (χ0n) is 11.2. The Labute approximate surface area is 122 Å². The van der Waals surface area contributed by atoms with E-state index in [2.05, 4.69) is 41.2 Å².